The van der Waals surface area contributed by atoms with E-state index in [1.807, 2.05) is 0 Å². The summed E-state index contributed by atoms with van der Waals surface area (Å²) in [6.07, 6.45) is 0. The van der Waals surface area contributed by atoms with Crippen molar-refractivity contribution in [3.05, 3.63) is 48.5 Å². The molecule has 0 fully saturated rings. The van der Waals surface area contributed by atoms with Crippen molar-refractivity contribution < 1.29 is 57.1 Å². The van der Waals surface area contributed by atoms with Gasteiger partial charge in [-0.3, -0.25) is 19.2 Å². The van der Waals surface area contributed by atoms with Gasteiger partial charge in [0.25, 0.3) is 23.6 Å². The predicted octanol–water partition coefficient (Wildman–Crippen LogP) is -0.553. The molecule has 4 bridgehead atoms. The molecule has 48 heavy (non-hydrogen) atoms. The van der Waals surface area contributed by atoms with Crippen LogP contribution < -0.4 is 40.2 Å². The zero-order valence-electron chi connectivity index (χ0n) is 26.8. The van der Waals surface area contributed by atoms with E-state index >= 15 is 0 Å². The van der Waals surface area contributed by atoms with Gasteiger partial charge in [0, 0.05) is 38.3 Å². The van der Waals surface area contributed by atoms with Crippen molar-refractivity contribution in [2.75, 3.05) is 105 Å². The molecule has 0 radical (unpaired) electrons. The minimum absolute atomic E-state index is 0.202. The topological polar surface area (TPSA) is 190 Å². The van der Waals surface area contributed by atoms with E-state index in [1.165, 1.54) is 0 Å². The molecule has 0 aliphatic carbocycles. The summed E-state index contributed by atoms with van der Waals surface area (Å²) in [5, 5.41) is 10.8. The summed E-state index contributed by atoms with van der Waals surface area (Å²) >= 11 is 0. The lowest BCUT2D eigenvalue weighted by Crippen LogP contribution is -2.32. The highest BCUT2D eigenvalue weighted by atomic mass is 16.5. The summed E-state index contributed by atoms with van der Waals surface area (Å²) in [5.41, 5.74) is 0. The second-order valence-electron chi connectivity index (χ2n) is 9.95. The van der Waals surface area contributed by atoms with Crippen molar-refractivity contribution in [3.63, 3.8) is 0 Å². The Labute approximate surface area is 279 Å². The molecule has 4 N–H and O–H groups in total. The summed E-state index contributed by atoms with van der Waals surface area (Å²) in [6, 6.07) is 13.2. The summed E-state index contributed by atoms with van der Waals surface area (Å²) in [4.78, 5) is 48.4. The standard InChI is InChI=1S/C32H44N4O12/c37-29-21-45-25-3-1-4-26(19-25)46-22-30(38)34-8-12-42-16-18-44-14-10-36-32(40)24-48-28-6-2-5-27(20-28)47-23-31(39)35-9-13-43-17-15-41-11-7-33-29/h1-6,19-20H,7-18,21-24H2,(H,33,37)(H,34,38)(H,35,39)(H,36,40). The molecule has 3 rings (SSSR count). The molecular weight excluding hydrogens is 632 g/mol. The van der Waals surface area contributed by atoms with Crippen molar-refractivity contribution in [1.82, 2.24) is 21.3 Å². The maximum atomic E-state index is 12.1. The Morgan fingerprint density at radius 2 is 0.625 bits per heavy atom. The summed E-state index contributed by atoms with van der Waals surface area (Å²) in [6.45, 7) is 2.77. The van der Waals surface area contributed by atoms with E-state index in [9.17, 15) is 19.2 Å². The highest BCUT2D eigenvalue weighted by molar-refractivity contribution is 5.78. The van der Waals surface area contributed by atoms with Gasteiger partial charge in [-0.05, 0) is 24.3 Å². The number of hydrogen-bond donors (Lipinski definition) is 4. The van der Waals surface area contributed by atoms with E-state index in [0.717, 1.165) is 0 Å². The van der Waals surface area contributed by atoms with E-state index in [2.05, 4.69) is 21.3 Å². The SMILES string of the molecule is O=C1COc2cccc(c2)OCC(=O)NCCOCCOCCNC(=O)COc2cccc(c2)OCC(=O)NCCOCCOCCN1. The van der Waals surface area contributed by atoms with Crippen molar-refractivity contribution >= 4 is 23.6 Å². The molecule has 0 spiro atoms. The average Bonchev–Trinajstić information content (AvgIpc) is 3.09. The van der Waals surface area contributed by atoms with Crippen LogP contribution in [0.2, 0.25) is 0 Å². The van der Waals surface area contributed by atoms with Crippen LogP contribution in [0.5, 0.6) is 23.0 Å². The third-order valence-corrected chi connectivity index (χ3v) is 6.11. The van der Waals surface area contributed by atoms with Gasteiger partial charge in [0.15, 0.2) is 26.4 Å². The number of rotatable bonds is 0. The number of nitrogens with one attached hydrogen (secondary N) is 4. The molecule has 0 saturated carbocycles. The zero-order valence-corrected chi connectivity index (χ0v) is 26.8. The van der Waals surface area contributed by atoms with Gasteiger partial charge in [-0.1, -0.05) is 12.1 Å². The smallest absolute Gasteiger partial charge is 0.258 e. The van der Waals surface area contributed by atoms with Crippen LogP contribution in [0.3, 0.4) is 0 Å². The molecule has 0 aromatic heterocycles. The molecule has 0 atom stereocenters. The fourth-order valence-corrected chi connectivity index (χ4v) is 3.80. The fourth-order valence-electron chi connectivity index (χ4n) is 3.80. The summed E-state index contributed by atoms with van der Waals surface area (Å²) < 4.78 is 43.8. The molecule has 4 amide bonds. The molecule has 1 aliphatic heterocycles. The van der Waals surface area contributed by atoms with E-state index in [0.29, 0.717) is 75.6 Å². The van der Waals surface area contributed by atoms with Gasteiger partial charge in [0.05, 0.1) is 52.9 Å². The predicted molar refractivity (Wildman–Crippen MR) is 170 cm³/mol. The molecule has 1 heterocycles. The normalized spacial score (nSPS) is 18.7. The molecule has 16 nitrogen and oxygen atoms in total. The van der Waals surface area contributed by atoms with Crippen molar-refractivity contribution in [3.8, 4) is 23.0 Å². The first-order valence-electron chi connectivity index (χ1n) is 15.6. The van der Waals surface area contributed by atoms with Gasteiger partial charge in [0.2, 0.25) is 0 Å². The number of amides is 4. The van der Waals surface area contributed by atoms with E-state index < -0.39 is 0 Å². The lowest BCUT2D eigenvalue weighted by atomic mass is 10.3. The molecule has 0 unspecified atom stereocenters. The second kappa shape index (κ2) is 23.6. The first-order chi connectivity index (χ1) is 23.5. The Balaban J connectivity index is 1.39. The van der Waals surface area contributed by atoms with Crippen LogP contribution >= 0.6 is 0 Å². The molecule has 264 valence electrons. The molecule has 0 saturated heterocycles. The van der Waals surface area contributed by atoms with Gasteiger partial charge in [-0.15, -0.1) is 0 Å². The molecule has 2 aromatic carbocycles. The number of carbonyl (C=O) groups is 4. The Morgan fingerprint density at radius 3 is 0.875 bits per heavy atom. The molecule has 2 aromatic rings. The van der Waals surface area contributed by atoms with Crippen LogP contribution in [0.15, 0.2) is 48.5 Å². The monoisotopic (exact) mass is 676 g/mol. The second-order valence-corrected chi connectivity index (χ2v) is 9.95. The minimum atomic E-state index is -0.322. The van der Waals surface area contributed by atoms with Gasteiger partial charge >= 0.3 is 0 Å². The van der Waals surface area contributed by atoms with Crippen molar-refractivity contribution in [1.29, 1.82) is 0 Å². The molecule has 16 heteroatoms. The lowest BCUT2D eigenvalue weighted by Gasteiger charge is -2.11. The Morgan fingerprint density at radius 1 is 0.375 bits per heavy atom. The maximum absolute atomic E-state index is 12.1. The zero-order chi connectivity index (χ0) is 34.1. The first kappa shape index (κ1) is 37.8. The van der Waals surface area contributed by atoms with E-state index in [-0.39, 0.29) is 76.5 Å². The number of hydrogen-bond acceptors (Lipinski definition) is 12. The van der Waals surface area contributed by atoms with Crippen LogP contribution in [0.25, 0.3) is 0 Å². The number of ether oxygens (including phenoxy) is 8. The number of fused-ring (bicyclic) bond motifs is 4. The Hall–Kier alpha value is -4.64. The van der Waals surface area contributed by atoms with Crippen molar-refractivity contribution in [2.24, 2.45) is 0 Å². The van der Waals surface area contributed by atoms with Crippen LogP contribution in [-0.4, -0.2) is 129 Å². The van der Waals surface area contributed by atoms with Gasteiger partial charge in [0.1, 0.15) is 23.0 Å². The fraction of sp³-hybridized carbons (Fsp3) is 0.500. The number of carbonyl (C=O) groups excluding carboxylic acids is 4. The summed E-state index contributed by atoms with van der Waals surface area (Å²) in [7, 11) is 0. The van der Waals surface area contributed by atoms with Gasteiger partial charge < -0.3 is 59.2 Å². The van der Waals surface area contributed by atoms with Crippen LogP contribution in [0.1, 0.15) is 0 Å². The number of benzene rings is 2. The van der Waals surface area contributed by atoms with Gasteiger partial charge in [-0.25, -0.2) is 0 Å². The van der Waals surface area contributed by atoms with Crippen LogP contribution in [0.4, 0.5) is 0 Å². The lowest BCUT2D eigenvalue weighted by molar-refractivity contribution is -0.124. The minimum Gasteiger partial charge on any atom is -0.484 e. The first-order valence-corrected chi connectivity index (χ1v) is 15.6. The summed E-state index contributed by atoms with van der Waals surface area (Å²) in [5.74, 6) is 0.366. The maximum Gasteiger partial charge on any atom is 0.258 e. The largest absolute Gasteiger partial charge is 0.484 e. The highest BCUT2D eigenvalue weighted by Gasteiger charge is 2.08. The molecular formula is C32H44N4O12. The quantitative estimate of drug-likeness (QED) is 0.279. The van der Waals surface area contributed by atoms with Gasteiger partial charge in [-0.2, -0.15) is 0 Å². The Bertz CT molecular complexity index is 1080. The van der Waals surface area contributed by atoms with Crippen LogP contribution in [-0.2, 0) is 38.1 Å². The third kappa shape index (κ3) is 17.9. The third-order valence-electron chi connectivity index (χ3n) is 6.11. The highest BCUT2D eigenvalue weighted by Crippen LogP contribution is 2.20. The van der Waals surface area contributed by atoms with Crippen molar-refractivity contribution in [2.45, 2.75) is 0 Å². The molecule has 1 aliphatic rings. The van der Waals surface area contributed by atoms with Crippen LogP contribution in [0, 0.1) is 0 Å². The average molecular weight is 677 g/mol. The van der Waals surface area contributed by atoms with E-state index in [4.69, 9.17) is 37.9 Å². The van der Waals surface area contributed by atoms with E-state index in [1.54, 1.807) is 48.5 Å². The Kier molecular flexibility index (Phi) is 18.6.